The third-order valence-corrected chi connectivity index (χ3v) is 1.25. The molecule has 0 fully saturated rings. The highest BCUT2D eigenvalue weighted by Gasteiger charge is 1.98. The number of esters is 2. The first kappa shape index (κ1) is 16.8. The standard InChI is InChI=1S/2C6H10O2/c2*1-4-8-6(7)5(2)3/h2*2,4H2,1,3H3. The van der Waals surface area contributed by atoms with E-state index in [1.54, 1.807) is 27.7 Å². The van der Waals surface area contributed by atoms with E-state index >= 15 is 0 Å². The summed E-state index contributed by atoms with van der Waals surface area (Å²) in [6.07, 6.45) is 0. The first-order valence-electron chi connectivity index (χ1n) is 5.02. The molecule has 0 aromatic heterocycles. The van der Waals surface area contributed by atoms with Crippen molar-refractivity contribution in [1.29, 1.82) is 0 Å². The molecule has 0 radical (unpaired) electrons. The molecule has 0 aliphatic heterocycles. The second-order valence-electron chi connectivity index (χ2n) is 3.00. The maximum absolute atomic E-state index is 10.4. The lowest BCUT2D eigenvalue weighted by Crippen LogP contribution is -2.03. The smallest absolute Gasteiger partial charge is 0.333 e. The average molecular weight is 228 g/mol. The van der Waals surface area contributed by atoms with Crippen LogP contribution in [0.3, 0.4) is 0 Å². The number of carbonyl (C=O) groups excluding carboxylic acids is 2. The first-order chi connectivity index (χ1) is 7.36. The molecule has 0 N–H and O–H groups in total. The maximum Gasteiger partial charge on any atom is 0.333 e. The van der Waals surface area contributed by atoms with Gasteiger partial charge in [0, 0.05) is 11.1 Å². The van der Waals surface area contributed by atoms with Crippen molar-refractivity contribution in [3.05, 3.63) is 24.3 Å². The van der Waals surface area contributed by atoms with Crippen molar-refractivity contribution in [2.75, 3.05) is 13.2 Å². The van der Waals surface area contributed by atoms with E-state index in [1.165, 1.54) is 0 Å². The van der Waals surface area contributed by atoms with Gasteiger partial charge in [0.1, 0.15) is 0 Å². The Labute approximate surface area is 96.9 Å². The van der Waals surface area contributed by atoms with E-state index in [-0.39, 0.29) is 11.9 Å². The van der Waals surface area contributed by atoms with Crippen LogP contribution >= 0.6 is 0 Å². The van der Waals surface area contributed by atoms with Gasteiger partial charge < -0.3 is 9.47 Å². The van der Waals surface area contributed by atoms with E-state index in [1.807, 2.05) is 0 Å². The van der Waals surface area contributed by atoms with E-state index in [9.17, 15) is 9.59 Å². The lowest BCUT2D eigenvalue weighted by atomic mass is 10.4. The maximum atomic E-state index is 10.4. The van der Waals surface area contributed by atoms with E-state index < -0.39 is 0 Å². The van der Waals surface area contributed by atoms with Gasteiger partial charge in [-0.2, -0.15) is 0 Å². The van der Waals surface area contributed by atoms with Crippen LogP contribution in [0.4, 0.5) is 0 Å². The lowest BCUT2D eigenvalue weighted by molar-refractivity contribution is -0.139. The quantitative estimate of drug-likeness (QED) is 0.547. The second-order valence-corrected chi connectivity index (χ2v) is 3.00. The van der Waals surface area contributed by atoms with E-state index in [0.29, 0.717) is 24.4 Å². The van der Waals surface area contributed by atoms with Gasteiger partial charge in [0.2, 0.25) is 0 Å². The molecule has 0 spiro atoms. The average Bonchev–Trinajstić information content (AvgIpc) is 2.19. The molecule has 0 saturated heterocycles. The Morgan fingerprint density at radius 3 is 1.19 bits per heavy atom. The molecule has 0 aromatic carbocycles. The minimum Gasteiger partial charge on any atom is -0.463 e. The highest BCUT2D eigenvalue weighted by atomic mass is 16.5. The van der Waals surface area contributed by atoms with Crippen LogP contribution in [-0.4, -0.2) is 25.2 Å². The summed E-state index contributed by atoms with van der Waals surface area (Å²) in [7, 11) is 0. The Hall–Kier alpha value is -1.58. The zero-order chi connectivity index (χ0) is 13.1. The third-order valence-electron chi connectivity index (χ3n) is 1.25. The molecule has 0 aromatic rings. The molecule has 4 nitrogen and oxygen atoms in total. The van der Waals surface area contributed by atoms with Crippen molar-refractivity contribution >= 4 is 11.9 Å². The summed E-state index contributed by atoms with van der Waals surface area (Å²) < 4.78 is 9.13. The zero-order valence-corrected chi connectivity index (χ0v) is 10.5. The monoisotopic (exact) mass is 228 g/mol. The highest BCUT2D eigenvalue weighted by molar-refractivity contribution is 5.87. The van der Waals surface area contributed by atoms with Crippen molar-refractivity contribution in [3.63, 3.8) is 0 Å². The van der Waals surface area contributed by atoms with Crippen LogP contribution in [0.1, 0.15) is 27.7 Å². The zero-order valence-electron chi connectivity index (χ0n) is 10.5. The van der Waals surface area contributed by atoms with Gasteiger partial charge in [-0.1, -0.05) is 13.2 Å². The van der Waals surface area contributed by atoms with Crippen LogP contribution in [0.5, 0.6) is 0 Å². The number of ether oxygens (including phenoxy) is 2. The van der Waals surface area contributed by atoms with Gasteiger partial charge in [0.25, 0.3) is 0 Å². The fraction of sp³-hybridized carbons (Fsp3) is 0.500. The molecular formula is C12H20O4. The summed E-state index contributed by atoms with van der Waals surface area (Å²) in [5, 5.41) is 0. The van der Waals surface area contributed by atoms with Crippen molar-refractivity contribution in [2.45, 2.75) is 27.7 Å². The summed E-state index contributed by atoms with van der Waals surface area (Å²) in [5.74, 6) is -0.625. The van der Waals surface area contributed by atoms with Gasteiger partial charge in [0.15, 0.2) is 0 Å². The number of hydrogen-bond donors (Lipinski definition) is 0. The van der Waals surface area contributed by atoms with Gasteiger partial charge in [-0.05, 0) is 27.7 Å². The van der Waals surface area contributed by atoms with Crippen LogP contribution in [0.2, 0.25) is 0 Å². The Balaban J connectivity index is 0. The van der Waals surface area contributed by atoms with Crippen LogP contribution in [0.15, 0.2) is 24.3 Å². The predicted octanol–water partition coefficient (Wildman–Crippen LogP) is 2.25. The van der Waals surface area contributed by atoms with Crippen LogP contribution in [-0.2, 0) is 19.1 Å². The topological polar surface area (TPSA) is 52.6 Å². The molecular weight excluding hydrogens is 208 g/mol. The molecule has 0 amide bonds. The fourth-order valence-corrected chi connectivity index (χ4v) is 0.509. The molecule has 0 saturated carbocycles. The molecule has 0 unspecified atom stereocenters. The number of rotatable bonds is 4. The minimum absolute atomic E-state index is 0.312. The van der Waals surface area contributed by atoms with Gasteiger partial charge in [-0.15, -0.1) is 0 Å². The van der Waals surface area contributed by atoms with Crippen molar-refractivity contribution in [2.24, 2.45) is 0 Å². The van der Waals surface area contributed by atoms with Gasteiger partial charge in [0.05, 0.1) is 13.2 Å². The summed E-state index contributed by atoms with van der Waals surface area (Å²) in [5.41, 5.74) is 0.902. The van der Waals surface area contributed by atoms with Crippen molar-refractivity contribution < 1.29 is 19.1 Å². The van der Waals surface area contributed by atoms with E-state index in [2.05, 4.69) is 22.6 Å². The number of hydrogen-bond acceptors (Lipinski definition) is 4. The Morgan fingerprint density at radius 1 is 0.875 bits per heavy atom. The molecule has 0 aliphatic rings. The van der Waals surface area contributed by atoms with Gasteiger partial charge in [-0.3, -0.25) is 0 Å². The minimum atomic E-state index is -0.312. The van der Waals surface area contributed by atoms with Gasteiger partial charge in [-0.25, -0.2) is 9.59 Å². The molecule has 0 heterocycles. The summed E-state index contributed by atoms with van der Waals surface area (Å²) in [6, 6.07) is 0. The summed E-state index contributed by atoms with van der Waals surface area (Å²) in [6.45, 7) is 14.4. The molecule has 0 rings (SSSR count). The third kappa shape index (κ3) is 10.5. The molecule has 16 heavy (non-hydrogen) atoms. The van der Waals surface area contributed by atoms with Crippen LogP contribution < -0.4 is 0 Å². The SMILES string of the molecule is C=C(C)C(=O)OCC.C=C(C)C(=O)OCC. The Bertz CT molecular complexity index is 238. The van der Waals surface area contributed by atoms with Gasteiger partial charge >= 0.3 is 11.9 Å². The predicted molar refractivity (Wildman–Crippen MR) is 62.9 cm³/mol. The van der Waals surface area contributed by atoms with Crippen LogP contribution in [0, 0.1) is 0 Å². The second kappa shape index (κ2) is 9.96. The van der Waals surface area contributed by atoms with Crippen molar-refractivity contribution in [3.8, 4) is 0 Å². The highest BCUT2D eigenvalue weighted by Crippen LogP contribution is 1.90. The lowest BCUT2D eigenvalue weighted by Gasteiger charge is -1.96. The molecule has 0 atom stereocenters. The summed E-state index contributed by atoms with van der Waals surface area (Å²) >= 11 is 0. The molecule has 4 heteroatoms. The first-order valence-corrected chi connectivity index (χ1v) is 5.02. The van der Waals surface area contributed by atoms with Crippen molar-refractivity contribution in [1.82, 2.24) is 0 Å². The van der Waals surface area contributed by atoms with E-state index in [0.717, 1.165) is 0 Å². The Kier molecular flexibility index (Phi) is 10.5. The Morgan fingerprint density at radius 2 is 1.12 bits per heavy atom. The molecule has 0 aliphatic carbocycles. The van der Waals surface area contributed by atoms with E-state index in [4.69, 9.17) is 0 Å². The normalized spacial score (nSPS) is 8.25. The molecule has 0 bridgehead atoms. The summed E-state index contributed by atoms with van der Waals surface area (Å²) in [4.78, 5) is 20.8. The largest absolute Gasteiger partial charge is 0.463 e. The number of carbonyl (C=O) groups is 2. The van der Waals surface area contributed by atoms with Crippen LogP contribution in [0.25, 0.3) is 0 Å². The molecule has 92 valence electrons. The fourth-order valence-electron chi connectivity index (χ4n) is 0.509.